The molecule has 3 amide bonds. The number of carbonyl (C=O) groups is 2. The summed E-state index contributed by atoms with van der Waals surface area (Å²) in [5, 5.41) is 13.1. The molecule has 4 N–H and O–H groups in total. The van der Waals surface area contributed by atoms with Crippen molar-refractivity contribution in [2.45, 2.75) is 27.3 Å². The number of anilines is 1. The van der Waals surface area contributed by atoms with E-state index in [9.17, 15) is 14.0 Å². The van der Waals surface area contributed by atoms with Gasteiger partial charge in [0, 0.05) is 18.0 Å². The number of urea groups is 1. The van der Waals surface area contributed by atoms with Crippen LogP contribution in [0.25, 0.3) is 0 Å². The van der Waals surface area contributed by atoms with Crippen LogP contribution in [0.3, 0.4) is 0 Å². The van der Waals surface area contributed by atoms with Gasteiger partial charge in [0.1, 0.15) is 11.5 Å². The van der Waals surface area contributed by atoms with Gasteiger partial charge in [-0.1, -0.05) is 24.8 Å². The van der Waals surface area contributed by atoms with E-state index in [0.717, 1.165) is 5.57 Å². The van der Waals surface area contributed by atoms with Crippen molar-refractivity contribution in [3.8, 4) is 0 Å². The molecule has 0 aromatic heterocycles. The van der Waals surface area contributed by atoms with Crippen molar-refractivity contribution in [3.05, 3.63) is 83.4 Å². The maximum absolute atomic E-state index is 14.2. The molecule has 9 nitrogen and oxygen atoms in total. The zero-order valence-electron chi connectivity index (χ0n) is 21.2. The Morgan fingerprint density at radius 3 is 2.62 bits per heavy atom. The van der Waals surface area contributed by atoms with Crippen LogP contribution in [0.1, 0.15) is 25.0 Å². The predicted octanol–water partition coefficient (Wildman–Crippen LogP) is 4.91. The van der Waals surface area contributed by atoms with Crippen LogP contribution in [0.5, 0.6) is 0 Å². The van der Waals surface area contributed by atoms with Crippen molar-refractivity contribution >= 4 is 50.0 Å². The van der Waals surface area contributed by atoms with Gasteiger partial charge in [0.25, 0.3) is 0 Å². The van der Waals surface area contributed by atoms with E-state index in [1.54, 1.807) is 62.4 Å². The molecule has 194 valence electrons. The number of guanidine groups is 1. The van der Waals surface area contributed by atoms with Crippen LogP contribution in [0, 0.1) is 12.7 Å². The molecule has 1 unspecified atom stereocenters. The van der Waals surface area contributed by atoms with E-state index in [1.165, 1.54) is 11.9 Å². The lowest BCUT2D eigenvalue weighted by Gasteiger charge is -2.25. The number of halogens is 1. The van der Waals surface area contributed by atoms with Gasteiger partial charge in [-0.05, 0) is 67.8 Å². The molecule has 37 heavy (non-hydrogen) atoms. The van der Waals surface area contributed by atoms with Gasteiger partial charge in [0.05, 0.1) is 17.9 Å². The third kappa shape index (κ3) is 8.18. The average molecular weight is 524 g/mol. The Balaban J connectivity index is 2.49. The number of amides is 3. The quantitative estimate of drug-likeness (QED) is 0.0866. The summed E-state index contributed by atoms with van der Waals surface area (Å²) in [4.78, 5) is 30.5. The summed E-state index contributed by atoms with van der Waals surface area (Å²) >= 11 is 0. The summed E-state index contributed by atoms with van der Waals surface area (Å²) < 4.78 is 14.2. The Hall–Kier alpha value is -4.17. The molecule has 0 aliphatic rings. The highest BCUT2D eigenvalue weighted by Crippen LogP contribution is 2.27. The smallest absolute Gasteiger partial charge is 0.328 e. The summed E-state index contributed by atoms with van der Waals surface area (Å²) in [6.07, 6.45) is 5.61. The SMILES string of the molecule is C=C/C(C)=C\C(=C/C)N(Cc1cc(C)c(F)c(P)c1)C(=O)NC(=Nc1ccc(N)c(N=NC)c1)NC=O. The van der Waals surface area contributed by atoms with Gasteiger partial charge in [-0.25, -0.2) is 14.2 Å². The second-order valence-electron chi connectivity index (χ2n) is 7.90. The minimum Gasteiger partial charge on any atom is -0.397 e. The Bertz CT molecular complexity index is 1280. The van der Waals surface area contributed by atoms with Crippen molar-refractivity contribution in [2.24, 2.45) is 15.2 Å². The molecule has 0 aliphatic heterocycles. The number of nitrogens with zero attached hydrogens (tertiary/aromatic N) is 4. The molecule has 0 spiro atoms. The Labute approximate surface area is 218 Å². The van der Waals surface area contributed by atoms with Crippen molar-refractivity contribution in [3.63, 3.8) is 0 Å². The minimum atomic E-state index is -0.578. The second kappa shape index (κ2) is 13.8. The zero-order valence-corrected chi connectivity index (χ0v) is 22.4. The summed E-state index contributed by atoms with van der Waals surface area (Å²) in [6, 6.07) is 7.52. The number of allylic oxidation sites excluding steroid dienone is 4. The molecule has 1 atom stereocenters. The molecule has 0 saturated heterocycles. The first-order chi connectivity index (χ1) is 17.6. The zero-order chi connectivity index (χ0) is 27.5. The maximum Gasteiger partial charge on any atom is 0.328 e. The summed E-state index contributed by atoms with van der Waals surface area (Å²) in [7, 11) is 3.87. The monoisotopic (exact) mass is 523 g/mol. The number of nitrogens with two attached hydrogens (primary N) is 1. The second-order valence-corrected chi connectivity index (χ2v) is 8.53. The largest absolute Gasteiger partial charge is 0.397 e. The Morgan fingerprint density at radius 2 is 2.03 bits per heavy atom. The van der Waals surface area contributed by atoms with E-state index in [0.29, 0.717) is 45.6 Å². The van der Waals surface area contributed by atoms with E-state index < -0.39 is 6.03 Å². The lowest BCUT2D eigenvalue weighted by atomic mass is 10.1. The molecule has 11 heteroatoms. The van der Waals surface area contributed by atoms with E-state index in [2.05, 4.69) is 41.7 Å². The van der Waals surface area contributed by atoms with Crippen molar-refractivity contribution in [1.82, 2.24) is 15.5 Å². The number of azo groups is 1. The molecular formula is C26H31FN7O2P. The van der Waals surface area contributed by atoms with E-state index in [1.807, 2.05) is 6.92 Å². The lowest BCUT2D eigenvalue weighted by molar-refractivity contribution is -0.108. The molecule has 0 heterocycles. The highest BCUT2D eigenvalue weighted by atomic mass is 31.0. The van der Waals surface area contributed by atoms with Crippen molar-refractivity contribution in [1.29, 1.82) is 0 Å². The molecule has 0 radical (unpaired) electrons. The van der Waals surface area contributed by atoms with Crippen LogP contribution in [0.15, 0.2) is 81.6 Å². The fourth-order valence-corrected chi connectivity index (χ4v) is 3.73. The van der Waals surface area contributed by atoms with Crippen LogP contribution < -0.4 is 21.7 Å². The molecule has 2 aromatic rings. The predicted molar refractivity (Wildman–Crippen MR) is 150 cm³/mol. The van der Waals surface area contributed by atoms with Gasteiger partial charge in [-0.2, -0.15) is 10.2 Å². The van der Waals surface area contributed by atoms with Gasteiger partial charge >= 0.3 is 6.03 Å². The number of hydrogen-bond acceptors (Lipinski definition) is 6. The molecule has 0 saturated carbocycles. The number of nitrogen functional groups attached to an aromatic ring is 1. The van der Waals surface area contributed by atoms with Crippen molar-refractivity contribution in [2.75, 3.05) is 12.8 Å². The van der Waals surface area contributed by atoms with Crippen LogP contribution >= 0.6 is 9.24 Å². The van der Waals surface area contributed by atoms with Crippen LogP contribution in [0.4, 0.5) is 26.2 Å². The number of benzene rings is 2. The highest BCUT2D eigenvalue weighted by molar-refractivity contribution is 7.27. The number of rotatable bonds is 8. The van der Waals surface area contributed by atoms with Crippen molar-refractivity contribution < 1.29 is 14.0 Å². The van der Waals surface area contributed by atoms with E-state index in [4.69, 9.17) is 5.73 Å². The Kier molecular flexibility index (Phi) is 10.8. The standard InChI is InChI=1S/C26H31FN7O2P/c1-6-16(3)10-20(7-2)34(14-18-11-17(4)24(27)23(37)12-18)26(36)32-25(30-15-35)31-19-8-9-21(28)22(13-19)33-29-5/h6-13,15H,1,14,28,37H2,2-5H3,(H2,30,31,32,35,36)/b16-10-,20-7+,33-29?. The number of aryl methyl sites for hydroxylation is 1. The van der Waals surface area contributed by atoms with E-state index >= 15 is 0 Å². The highest BCUT2D eigenvalue weighted by Gasteiger charge is 2.20. The third-order valence-electron chi connectivity index (χ3n) is 5.12. The first-order valence-electron chi connectivity index (χ1n) is 11.2. The average Bonchev–Trinajstić information content (AvgIpc) is 2.86. The maximum atomic E-state index is 14.2. The summed E-state index contributed by atoms with van der Waals surface area (Å²) in [5.74, 6) is -0.440. The first-order valence-corrected chi connectivity index (χ1v) is 11.8. The summed E-state index contributed by atoms with van der Waals surface area (Å²) in [5.41, 5.74) is 9.61. The minimum absolute atomic E-state index is 0.115. The number of nitrogens with one attached hydrogen (secondary N) is 2. The number of carbonyl (C=O) groups excluding carboxylic acids is 2. The van der Waals surface area contributed by atoms with Crippen LogP contribution in [-0.4, -0.2) is 30.3 Å². The topological polar surface area (TPSA) is 125 Å². The van der Waals surface area contributed by atoms with Gasteiger partial charge in [-0.3, -0.25) is 20.3 Å². The number of aliphatic imine (C=N–C) groups is 1. The Morgan fingerprint density at radius 1 is 1.30 bits per heavy atom. The van der Waals surface area contributed by atoms with Gasteiger partial charge in [0.15, 0.2) is 0 Å². The van der Waals surface area contributed by atoms with Crippen LogP contribution in [0.2, 0.25) is 0 Å². The number of hydrogen-bond donors (Lipinski definition) is 3. The van der Waals surface area contributed by atoms with E-state index in [-0.39, 0.29) is 18.3 Å². The lowest BCUT2D eigenvalue weighted by Crippen LogP contribution is -2.46. The molecule has 2 rings (SSSR count). The van der Waals surface area contributed by atoms with Gasteiger partial charge in [-0.15, -0.1) is 9.24 Å². The summed E-state index contributed by atoms with van der Waals surface area (Å²) in [6.45, 7) is 9.18. The molecule has 0 bridgehead atoms. The molecule has 0 fully saturated rings. The molecule has 2 aromatic carbocycles. The normalized spacial score (nSPS) is 12.4. The third-order valence-corrected chi connectivity index (χ3v) is 5.54. The van der Waals surface area contributed by atoms with Gasteiger partial charge < -0.3 is 5.73 Å². The first kappa shape index (κ1) is 29.1. The fraction of sp³-hybridized carbons (Fsp3) is 0.192. The fourth-order valence-electron chi connectivity index (χ4n) is 3.28. The molecule has 0 aliphatic carbocycles. The van der Waals surface area contributed by atoms with Gasteiger partial charge in [0.2, 0.25) is 12.4 Å². The van der Waals surface area contributed by atoms with Crippen LogP contribution in [-0.2, 0) is 11.3 Å². The molecular weight excluding hydrogens is 492 g/mol.